The Hall–Kier alpha value is -2.62. The van der Waals surface area contributed by atoms with Crippen molar-refractivity contribution in [2.75, 3.05) is 13.2 Å². The van der Waals surface area contributed by atoms with Crippen molar-refractivity contribution in [3.63, 3.8) is 0 Å². The maximum atomic E-state index is 12.6. The second kappa shape index (κ2) is 9.25. The van der Waals surface area contributed by atoms with Crippen LogP contribution in [0.25, 0.3) is 0 Å². The zero-order valence-electron chi connectivity index (χ0n) is 16.3. The molecular weight excluding hydrogens is 382 g/mol. The summed E-state index contributed by atoms with van der Waals surface area (Å²) < 4.78 is 6.04. The topological polar surface area (TPSA) is 29.5 Å². The molecule has 1 unspecified atom stereocenters. The van der Waals surface area contributed by atoms with Gasteiger partial charge < -0.3 is 4.74 Å². The van der Waals surface area contributed by atoms with Gasteiger partial charge in [0.1, 0.15) is 12.4 Å². The van der Waals surface area contributed by atoms with E-state index in [1.807, 2.05) is 24.3 Å². The van der Waals surface area contributed by atoms with Crippen LogP contribution in [0.2, 0.25) is 5.02 Å². The first-order chi connectivity index (χ1) is 14.2. The van der Waals surface area contributed by atoms with Crippen molar-refractivity contribution in [3.8, 4) is 5.75 Å². The number of likely N-dealkylation sites (tertiary alicyclic amines) is 1. The van der Waals surface area contributed by atoms with Crippen molar-refractivity contribution in [1.29, 1.82) is 0 Å². The number of carbonyl (C=O) groups excluding carboxylic acids is 1. The summed E-state index contributed by atoms with van der Waals surface area (Å²) in [7, 11) is 0. The molecule has 4 rings (SSSR count). The van der Waals surface area contributed by atoms with Gasteiger partial charge in [-0.3, -0.25) is 9.69 Å². The van der Waals surface area contributed by atoms with Crippen LogP contribution in [0.4, 0.5) is 0 Å². The Bertz CT molecular complexity index is 939. The van der Waals surface area contributed by atoms with Crippen LogP contribution < -0.4 is 4.74 Å². The Morgan fingerprint density at radius 1 is 0.931 bits per heavy atom. The Kier molecular flexibility index (Phi) is 6.28. The zero-order chi connectivity index (χ0) is 20.1. The second-order valence-corrected chi connectivity index (χ2v) is 7.86. The first-order valence-electron chi connectivity index (χ1n) is 10.0. The number of rotatable bonds is 7. The number of carbonyl (C=O) groups is 1. The standard InChI is InChI=1S/C25H24ClNO2/c26-22-12-8-20(9-13-22)25(28)21-10-14-24(15-11-21)29-18-23-7-4-16-27(23)17-19-5-2-1-3-6-19/h1-3,5-6,8-15,23H,4,7,16-18H2. The van der Waals surface area contributed by atoms with E-state index in [1.54, 1.807) is 24.3 Å². The Morgan fingerprint density at radius 3 is 2.28 bits per heavy atom. The summed E-state index contributed by atoms with van der Waals surface area (Å²) in [5.74, 6) is 0.780. The molecule has 0 saturated carbocycles. The van der Waals surface area contributed by atoms with Gasteiger partial charge in [-0.25, -0.2) is 0 Å². The molecule has 1 aliphatic heterocycles. The van der Waals surface area contributed by atoms with Gasteiger partial charge >= 0.3 is 0 Å². The van der Waals surface area contributed by atoms with E-state index in [9.17, 15) is 4.79 Å². The van der Waals surface area contributed by atoms with Crippen LogP contribution in [0.5, 0.6) is 5.75 Å². The minimum atomic E-state index is -0.0157. The molecule has 3 aromatic rings. The summed E-state index contributed by atoms with van der Waals surface area (Å²) >= 11 is 5.90. The molecule has 1 atom stereocenters. The first kappa shape index (κ1) is 19.7. The van der Waals surface area contributed by atoms with Gasteiger partial charge in [0.25, 0.3) is 0 Å². The monoisotopic (exact) mass is 405 g/mol. The van der Waals surface area contributed by atoms with Crippen molar-refractivity contribution in [3.05, 3.63) is 101 Å². The van der Waals surface area contributed by atoms with Gasteiger partial charge in [-0.2, -0.15) is 0 Å². The second-order valence-electron chi connectivity index (χ2n) is 7.42. The third kappa shape index (κ3) is 5.06. The van der Waals surface area contributed by atoms with E-state index in [1.165, 1.54) is 12.0 Å². The first-order valence-corrected chi connectivity index (χ1v) is 10.4. The van der Waals surface area contributed by atoms with Crippen LogP contribution in [0.15, 0.2) is 78.9 Å². The van der Waals surface area contributed by atoms with Gasteiger partial charge in [0, 0.05) is 28.7 Å². The number of benzene rings is 3. The Balaban J connectivity index is 1.34. The number of hydrogen-bond donors (Lipinski definition) is 0. The summed E-state index contributed by atoms with van der Waals surface area (Å²) in [6.45, 7) is 2.73. The number of ketones is 1. The van der Waals surface area contributed by atoms with Crippen LogP contribution >= 0.6 is 11.6 Å². The quantitative estimate of drug-likeness (QED) is 0.478. The molecule has 1 heterocycles. The van der Waals surface area contributed by atoms with Crippen LogP contribution in [-0.4, -0.2) is 29.9 Å². The molecule has 1 fully saturated rings. The lowest BCUT2D eigenvalue weighted by Crippen LogP contribution is -2.33. The van der Waals surface area contributed by atoms with Gasteiger partial charge in [-0.05, 0) is 73.5 Å². The molecule has 29 heavy (non-hydrogen) atoms. The highest BCUT2D eigenvalue weighted by atomic mass is 35.5. The van der Waals surface area contributed by atoms with Crippen LogP contribution in [0.3, 0.4) is 0 Å². The summed E-state index contributed by atoms with van der Waals surface area (Å²) in [6, 6.07) is 25.3. The lowest BCUT2D eigenvalue weighted by Gasteiger charge is -2.24. The van der Waals surface area contributed by atoms with Crippen LogP contribution in [0.1, 0.15) is 34.3 Å². The lowest BCUT2D eigenvalue weighted by atomic mass is 10.0. The molecule has 3 aromatic carbocycles. The zero-order valence-corrected chi connectivity index (χ0v) is 17.0. The molecule has 0 aromatic heterocycles. The highest BCUT2D eigenvalue weighted by molar-refractivity contribution is 6.30. The van der Waals surface area contributed by atoms with Gasteiger partial charge in [0.2, 0.25) is 0 Å². The molecule has 4 heteroatoms. The molecule has 0 bridgehead atoms. The Labute approximate surface area is 176 Å². The third-order valence-electron chi connectivity index (χ3n) is 5.39. The molecule has 3 nitrogen and oxygen atoms in total. The fourth-order valence-corrected chi connectivity index (χ4v) is 3.90. The van der Waals surface area contributed by atoms with Crippen molar-refractivity contribution < 1.29 is 9.53 Å². The third-order valence-corrected chi connectivity index (χ3v) is 5.64. The molecule has 0 aliphatic carbocycles. The number of hydrogen-bond acceptors (Lipinski definition) is 3. The molecule has 0 radical (unpaired) electrons. The molecule has 0 amide bonds. The van der Waals surface area contributed by atoms with Crippen molar-refractivity contribution in [2.24, 2.45) is 0 Å². The van der Waals surface area contributed by atoms with E-state index in [4.69, 9.17) is 16.3 Å². The van der Waals surface area contributed by atoms with E-state index in [-0.39, 0.29) is 5.78 Å². The van der Waals surface area contributed by atoms with Gasteiger partial charge in [0.05, 0.1) is 0 Å². The largest absolute Gasteiger partial charge is 0.492 e. The van der Waals surface area contributed by atoms with E-state index in [0.29, 0.717) is 28.8 Å². The summed E-state index contributed by atoms with van der Waals surface area (Å²) in [5, 5.41) is 0.624. The van der Waals surface area contributed by atoms with Gasteiger partial charge in [-0.1, -0.05) is 41.9 Å². The predicted molar refractivity (Wildman–Crippen MR) is 117 cm³/mol. The molecule has 0 spiro atoms. The minimum Gasteiger partial charge on any atom is -0.492 e. The maximum absolute atomic E-state index is 12.6. The SMILES string of the molecule is O=C(c1ccc(Cl)cc1)c1ccc(OCC2CCCN2Cc2ccccc2)cc1. The van der Waals surface area contributed by atoms with Gasteiger partial charge in [0.15, 0.2) is 5.78 Å². The van der Waals surface area contributed by atoms with Crippen molar-refractivity contribution in [2.45, 2.75) is 25.4 Å². The fraction of sp³-hybridized carbons (Fsp3) is 0.240. The van der Waals surface area contributed by atoms with Crippen LogP contribution in [0, 0.1) is 0 Å². The molecular formula is C25H24ClNO2. The molecule has 1 saturated heterocycles. The Morgan fingerprint density at radius 2 is 1.59 bits per heavy atom. The van der Waals surface area contributed by atoms with E-state index in [2.05, 4.69) is 35.2 Å². The van der Waals surface area contributed by atoms with Gasteiger partial charge in [-0.15, -0.1) is 0 Å². The average molecular weight is 406 g/mol. The van der Waals surface area contributed by atoms with Crippen LogP contribution in [-0.2, 0) is 6.54 Å². The number of nitrogens with zero attached hydrogens (tertiary/aromatic N) is 1. The molecule has 1 aliphatic rings. The summed E-state index contributed by atoms with van der Waals surface area (Å²) in [4.78, 5) is 15.1. The number of ether oxygens (including phenoxy) is 1. The predicted octanol–water partition coefficient (Wildman–Crippen LogP) is 5.61. The normalized spacial score (nSPS) is 16.7. The smallest absolute Gasteiger partial charge is 0.193 e. The average Bonchev–Trinajstić information content (AvgIpc) is 3.20. The summed E-state index contributed by atoms with van der Waals surface area (Å²) in [5.41, 5.74) is 2.61. The van der Waals surface area contributed by atoms with Crippen molar-refractivity contribution in [1.82, 2.24) is 4.90 Å². The highest BCUT2D eigenvalue weighted by Crippen LogP contribution is 2.22. The maximum Gasteiger partial charge on any atom is 0.193 e. The van der Waals surface area contributed by atoms with E-state index in [0.717, 1.165) is 25.3 Å². The van der Waals surface area contributed by atoms with Crippen molar-refractivity contribution >= 4 is 17.4 Å². The number of halogens is 1. The summed E-state index contributed by atoms with van der Waals surface area (Å²) in [6.07, 6.45) is 2.36. The molecule has 0 N–H and O–H groups in total. The minimum absolute atomic E-state index is 0.0157. The van der Waals surface area contributed by atoms with E-state index < -0.39 is 0 Å². The highest BCUT2D eigenvalue weighted by Gasteiger charge is 2.25. The molecule has 148 valence electrons. The lowest BCUT2D eigenvalue weighted by molar-refractivity contribution is 0.103. The fourth-order valence-electron chi connectivity index (χ4n) is 3.77. The van der Waals surface area contributed by atoms with E-state index >= 15 is 0 Å².